The van der Waals surface area contributed by atoms with Crippen LogP contribution in [0, 0.1) is 0 Å². The van der Waals surface area contributed by atoms with Crippen molar-refractivity contribution in [1.29, 1.82) is 0 Å². The van der Waals surface area contributed by atoms with Gasteiger partial charge in [-0.05, 0) is 18.2 Å². The van der Waals surface area contributed by atoms with Crippen molar-refractivity contribution in [3.8, 4) is 0 Å². The SMILES string of the molecule is O=C(CN1CCc2nc(NC(=O)c3cnccn3)sc2C1)Nc1cccc(C(F)(F)F)c1. The van der Waals surface area contributed by atoms with Gasteiger partial charge in [0, 0.05) is 42.5 Å². The predicted octanol–water partition coefficient (Wildman–Crippen LogP) is 3.20. The number of anilines is 2. The molecule has 0 spiro atoms. The highest BCUT2D eigenvalue weighted by atomic mass is 32.1. The summed E-state index contributed by atoms with van der Waals surface area (Å²) in [6.07, 6.45) is 0.356. The molecule has 2 aromatic heterocycles. The minimum atomic E-state index is -4.48. The second-order valence-corrected chi connectivity index (χ2v) is 8.10. The molecule has 0 atom stereocenters. The number of carbonyl (C=O) groups excluding carboxylic acids is 2. The lowest BCUT2D eigenvalue weighted by Crippen LogP contribution is -2.36. The van der Waals surface area contributed by atoms with Crippen LogP contribution < -0.4 is 10.6 Å². The number of alkyl halides is 3. The third-order valence-corrected chi connectivity index (χ3v) is 5.67. The first-order valence-corrected chi connectivity index (χ1v) is 10.3. The number of nitrogens with zero attached hydrogens (tertiary/aromatic N) is 4. The molecule has 0 saturated carbocycles. The Hall–Kier alpha value is -3.38. The van der Waals surface area contributed by atoms with Gasteiger partial charge in [0.1, 0.15) is 5.69 Å². The third kappa shape index (κ3) is 5.26. The zero-order valence-electron chi connectivity index (χ0n) is 16.5. The Morgan fingerprint density at radius 2 is 2.03 bits per heavy atom. The third-order valence-electron chi connectivity index (χ3n) is 4.67. The summed E-state index contributed by atoms with van der Waals surface area (Å²) in [5.41, 5.74) is 0.292. The highest BCUT2D eigenvalue weighted by Gasteiger charge is 2.30. The first kappa shape index (κ1) is 21.8. The van der Waals surface area contributed by atoms with E-state index < -0.39 is 23.6 Å². The van der Waals surface area contributed by atoms with Crippen molar-refractivity contribution in [2.24, 2.45) is 0 Å². The number of halogens is 3. The predicted molar refractivity (Wildman–Crippen MR) is 111 cm³/mol. The fourth-order valence-electron chi connectivity index (χ4n) is 3.19. The molecule has 0 radical (unpaired) electrons. The molecular formula is C20H17F3N6O2S. The Morgan fingerprint density at radius 3 is 2.78 bits per heavy atom. The number of benzene rings is 1. The van der Waals surface area contributed by atoms with Crippen LogP contribution in [0.2, 0.25) is 0 Å². The summed E-state index contributed by atoms with van der Waals surface area (Å²) in [5, 5.41) is 5.64. The second-order valence-electron chi connectivity index (χ2n) is 7.02. The van der Waals surface area contributed by atoms with Gasteiger partial charge < -0.3 is 5.32 Å². The largest absolute Gasteiger partial charge is 0.416 e. The molecular weight excluding hydrogens is 445 g/mol. The molecule has 166 valence electrons. The molecule has 32 heavy (non-hydrogen) atoms. The molecule has 1 aliphatic heterocycles. The lowest BCUT2D eigenvalue weighted by molar-refractivity contribution is -0.137. The van der Waals surface area contributed by atoms with Gasteiger partial charge in [0.25, 0.3) is 5.91 Å². The standard InChI is InChI=1S/C20H17F3N6O2S/c21-20(22,23)12-2-1-3-13(8-12)26-17(30)11-29-7-4-14-16(10-29)32-19(27-14)28-18(31)15-9-24-5-6-25-15/h1-3,5-6,8-9H,4,7,10-11H2,(H,26,30)(H,27,28,31). The van der Waals surface area contributed by atoms with E-state index in [1.165, 1.54) is 42.1 Å². The Labute approximate surface area is 184 Å². The van der Waals surface area contributed by atoms with E-state index in [2.05, 4.69) is 25.6 Å². The molecule has 0 unspecified atom stereocenters. The van der Waals surface area contributed by atoms with Crippen molar-refractivity contribution < 1.29 is 22.8 Å². The summed E-state index contributed by atoms with van der Waals surface area (Å²) in [4.78, 5) is 39.6. The van der Waals surface area contributed by atoms with Gasteiger partial charge in [0.2, 0.25) is 5.91 Å². The van der Waals surface area contributed by atoms with Crippen molar-refractivity contribution in [2.75, 3.05) is 23.7 Å². The summed E-state index contributed by atoms with van der Waals surface area (Å²) in [6, 6.07) is 4.52. The summed E-state index contributed by atoms with van der Waals surface area (Å²) in [7, 11) is 0. The Kier molecular flexibility index (Phi) is 6.15. The average molecular weight is 462 g/mol. The first-order chi connectivity index (χ1) is 15.3. The van der Waals surface area contributed by atoms with Crippen molar-refractivity contribution in [1.82, 2.24) is 19.9 Å². The van der Waals surface area contributed by atoms with E-state index in [1.54, 1.807) is 0 Å². The van der Waals surface area contributed by atoms with Gasteiger partial charge in [-0.15, -0.1) is 11.3 Å². The number of fused-ring (bicyclic) bond motifs is 1. The molecule has 3 aromatic rings. The second kappa shape index (κ2) is 9.01. The van der Waals surface area contributed by atoms with Gasteiger partial charge in [-0.2, -0.15) is 13.2 Å². The minimum Gasteiger partial charge on any atom is -0.325 e. The highest BCUT2D eigenvalue weighted by molar-refractivity contribution is 7.15. The van der Waals surface area contributed by atoms with E-state index in [4.69, 9.17) is 0 Å². The molecule has 3 heterocycles. The first-order valence-electron chi connectivity index (χ1n) is 9.53. The molecule has 1 aromatic carbocycles. The highest BCUT2D eigenvalue weighted by Crippen LogP contribution is 2.31. The quantitative estimate of drug-likeness (QED) is 0.604. The lowest BCUT2D eigenvalue weighted by atomic mass is 10.1. The Morgan fingerprint density at radius 1 is 1.19 bits per heavy atom. The van der Waals surface area contributed by atoms with E-state index in [0.29, 0.717) is 24.6 Å². The fraction of sp³-hybridized carbons (Fsp3) is 0.250. The fourth-order valence-corrected chi connectivity index (χ4v) is 4.24. The van der Waals surface area contributed by atoms with E-state index in [9.17, 15) is 22.8 Å². The molecule has 2 N–H and O–H groups in total. The molecule has 4 rings (SSSR count). The average Bonchev–Trinajstić information content (AvgIpc) is 3.15. The number of thiazole rings is 1. The van der Waals surface area contributed by atoms with Crippen LogP contribution in [0.25, 0.3) is 0 Å². The van der Waals surface area contributed by atoms with Gasteiger partial charge in [-0.3, -0.25) is 24.8 Å². The van der Waals surface area contributed by atoms with Gasteiger partial charge in [0.05, 0.1) is 24.0 Å². The number of carbonyl (C=O) groups is 2. The molecule has 0 aliphatic carbocycles. The van der Waals surface area contributed by atoms with Crippen LogP contribution in [0.4, 0.5) is 24.0 Å². The number of nitrogens with one attached hydrogen (secondary N) is 2. The maximum atomic E-state index is 12.8. The van der Waals surface area contributed by atoms with Crippen molar-refractivity contribution >= 4 is 34.0 Å². The van der Waals surface area contributed by atoms with Crippen LogP contribution in [-0.2, 0) is 23.9 Å². The topological polar surface area (TPSA) is 100 Å². The Balaban J connectivity index is 1.34. The van der Waals surface area contributed by atoms with Crippen LogP contribution in [0.15, 0.2) is 42.9 Å². The molecule has 0 fully saturated rings. The Bertz CT molecular complexity index is 1140. The van der Waals surface area contributed by atoms with Crippen LogP contribution >= 0.6 is 11.3 Å². The summed E-state index contributed by atoms with van der Waals surface area (Å²) in [5.74, 6) is -0.824. The van der Waals surface area contributed by atoms with Gasteiger partial charge in [-0.25, -0.2) is 9.97 Å². The zero-order chi connectivity index (χ0) is 22.7. The van der Waals surface area contributed by atoms with E-state index in [-0.39, 0.29) is 17.9 Å². The maximum absolute atomic E-state index is 12.8. The molecule has 1 aliphatic rings. The van der Waals surface area contributed by atoms with Gasteiger partial charge in [-0.1, -0.05) is 6.07 Å². The van der Waals surface area contributed by atoms with Crippen molar-refractivity contribution in [3.63, 3.8) is 0 Å². The van der Waals surface area contributed by atoms with Crippen LogP contribution in [-0.4, -0.2) is 44.8 Å². The molecule has 8 nitrogen and oxygen atoms in total. The summed E-state index contributed by atoms with van der Waals surface area (Å²) >= 11 is 1.31. The molecule has 0 saturated heterocycles. The minimum absolute atomic E-state index is 0.0227. The van der Waals surface area contributed by atoms with Gasteiger partial charge in [0.15, 0.2) is 5.13 Å². The molecule has 0 bridgehead atoms. The number of hydrogen-bond acceptors (Lipinski definition) is 7. The maximum Gasteiger partial charge on any atom is 0.416 e. The summed E-state index contributed by atoms with van der Waals surface area (Å²) in [6.45, 7) is 1.03. The molecule has 2 amide bonds. The van der Waals surface area contributed by atoms with Crippen molar-refractivity contribution in [3.05, 3.63) is 64.7 Å². The number of hydrogen-bond donors (Lipinski definition) is 2. The van der Waals surface area contributed by atoms with E-state index in [1.807, 2.05) is 4.90 Å². The number of aromatic nitrogens is 3. The van der Waals surface area contributed by atoms with Crippen LogP contribution in [0.3, 0.4) is 0 Å². The normalized spacial score (nSPS) is 14.0. The monoisotopic (exact) mass is 462 g/mol. The van der Waals surface area contributed by atoms with Crippen molar-refractivity contribution in [2.45, 2.75) is 19.1 Å². The summed E-state index contributed by atoms with van der Waals surface area (Å²) < 4.78 is 38.5. The lowest BCUT2D eigenvalue weighted by Gasteiger charge is -2.25. The van der Waals surface area contributed by atoms with E-state index in [0.717, 1.165) is 22.7 Å². The van der Waals surface area contributed by atoms with Crippen LogP contribution in [0.1, 0.15) is 26.6 Å². The number of rotatable bonds is 5. The van der Waals surface area contributed by atoms with Crippen LogP contribution in [0.5, 0.6) is 0 Å². The van der Waals surface area contributed by atoms with Gasteiger partial charge >= 0.3 is 6.18 Å². The molecule has 12 heteroatoms. The number of amides is 2. The smallest absolute Gasteiger partial charge is 0.325 e. The zero-order valence-corrected chi connectivity index (χ0v) is 17.3. The van der Waals surface area contributed by atoms with E-state index >= 15 is 0 Å².